The van der Waals surface area contributed by atoms with Crippen LogP contribution >= 0.6 is 0 Å². The Morgan fingerprint density at radius 2 is 2.14 bits per heavy atom. The van der Waals surface area contributed by atoms with Gasteiger partial charge in [0.2, 0.25) is 0 Å². The first kappa shape index (κ1) is 16.8. The third-order valence-electron chi connectivity index (χ3n) is 3.62. The van der Waals surface area contributed by atoms with Crippen LogP contribution in [-0.4, -0.2) is 66.4 Å². The lowest BCUT2D eigenvalue weighted by molar-refractivity contribution is -0.0672. The van der Waals surface area contributed by atoms with Crippen LogP contribution in [0, 0.1) is 6.92 Å². The van der Waals surface area contributed by atoms with Crippen molar-refractivity contribution in [1.82, 2.24) is 20.3 Å². The first-order chi connectivity index (χ1) is 10.4. The lowest BCUT2D eigenvalue weighted by Gasteiger charge is -2.35. The van der Waals surface area contributed by atoms with Crippen LogP contribution in [0.1, 0.15) is 25.3 Å². The van der Waals surface area contributed by atoms with Gasteiger partial charge in [-0.05, 0) is 20.8 Å². The van der Waals surface area contributed by atoms with Gasteiger partial charge in [-0.1, -0.05) is 5.16 Å². The molecule has 1 aliphatic heterocycles. The van der Waals surface area contributed by atoms with E-state index in [2.05, 4.69) is 29.2 Å². The van der Waals surface area contributed by atoms with Crippen molar-refractivity contribution in [3.05, 3.63) is 17.5 Å². The average molecular weight is 310 g/mol. The molecular formula is C15H26N4O3. The molecule has 0 unspecified atom stereocenters. The van der Waals surface area contributed by atoms with E-state index >= 15 is 0 Å². The van der Waals surface area contributed by atoms with Gasteiger partial charge in [-0.2, -0.15) is 0 Å². The summed E-state index contributed by atoms with van der Waals surface area (Å²) in [6, 6.07) is 1.73. The first-order valence-corrected chi connectivity index (χ1v) is 7.73. The SMILES string of the molecule is Cc1cc(CN(C)C(=O)NCCN2C[C@H](C)O[C@@H](C)C2)no1. The van der Waals surface area contributed by atoms with E-state index in [1.807, 2.05) is 13.0 Å². The summed E-state index contributed by atoms with van der Waals surface area (Å²) in [6.07, 6.45) is 0.495. The molecule has 124 valence electrons. The van der Waals surface area contributed by atoms with Gasteiger partial charge in [0.15, 0.2) is 0 Å². The van der Waals surface area contributed by atoms with Crippen molar-refractivity contribution < 1.29 is 14.1 Å². The van der Waals surface area contributed by atoms with Crippen molar-refractivity contribution in [2.75, 3.05) is 33.2 Å². The molecule has 1 N–H and O–H groups in total. The van der Waals surface area contributed by atoms with Crippen LogP contribution in [0.5, 0.6) is 0 Å². The second-order valence-electron chi connectivity index (χ2n) is 6.03. The molecule has 2 rings (SSSR count). The molecule has 2 heterocycles. The molecule has 1 saturated heterocycles. The third kappa shape index (κ3) is 4.99. The van der Waals surface area contributed by atoms with Crippen LogP contribution in [0.25, 0.3) is 0 Å². The molecule has 2 amide bonds. The van der Waals surface area contributed by atoms with Crippen LogP contribution in [0.4, 0.5) is 4.79 Å². The molecule has 1 aliphatic rings. The van der Waals surface area contributed by atoms with Crippen LogP contribution in [0.15, 0.2) is 10.6 Å². The number of amides is 2. The molecule has 0 aliphatic carbocycles. The zero-order chi connectivity index (χ0) is 16.1. The zero-order valence-electron chi connectivity index (χ0n) is 13.8. The number of carbonyl (C=O) groups is 1. The topological polar surface area (TPSA) is 70.8 Å². The number of aromatic nitrogens is 1. The molecule has 0 radical (unpaired) electrons. The highest BCUT2D eigenvalue weighted by Gasteiger charge is 2.21. The van der Waals surface area contributed by atoms with Gasteiger partial charge in [0, 0.05) is 39.3 Å². The van der Waals surface area contributed by atoms with Crippen molar-refractivity contribution in [2.45, 2.75) is 39.5 Å². The fourth-order valence-electron chi connectivity index (χ4n) is 2.73. The van der Waals surface area contributed by atoms with Gasteiger partial charge in [-0.25, -0.2) is 4.79 Å². The standard InChI is InChI=1S/C15H26N4O3/c1-11-7-14(17-22-11)10-18(4)15(20)16-5-6-19-8-12(2)21-13(3)9-19/h7,12-13H,5-6,8-10H2,1-4H3,(H,16,20)/t12-,13-/m0/s1. The van der Waals surface area contributed by atoms with Gasteiger partial charge < -0.3 is 19.5 Å². The van der Waals surface area contributed by atoms with Crippen molar-refractivity contribution in [3.8, 4) is 0 Å². The Morgan fingerprint density at radius 3 is 2.73 bits per heavy atom. The maximum atomic E-state index is 12.0. The normalized spacial score (nSPS) is 22.5. The minimum atomic E-state index is -0.102. The smallest absolute Gasteiger partial charge is 0.317 e. The molecule has 0 bridgehead atoms. The second-order valence-corrected chi connectivity index (χ2v) is 6.03. The quantitative estimate of drug-likeness (QED) is 0.886. The van der Waals surface area contributed by atoms with E-state index < -0.39 is 0 Å². The molecular weight excluding hydrogens is 284 g/mol. The van der Waals surface area contributed by atoms with Crippen LogP contribution < -0.4 is 5.32 Å². The van der Waals surface area contributed by atoms with Crippen molar-refractivity contribution in [1.29, 1.82) is 0 Å². The summed E-state index contributed by atoms with van der Waals surface area (Å²) in [5.41, 5.74) is 0.756. The van der Waals surface area contributed by atoms with E-state index in [4.69, 9.17) is 9.26 Å². The molecule has 22 heavy (non-hydrogen) atoms. The van der Waals surface area contributed by atoms with E-state index in [9.17, 15) is 4.79 Å². The lowest BCUT2D eigenvalue weighted by atomic mass is 10.2. The van der Waals surface area contributed by atoms with E-state index in [1.54, 1.807) is 11.9 Å². The highest BCUT2D eigenvalue weighted by Crippen LogP contribution is 2.09. The maximum Gasteiger partial charge on any atom is 0.317 e. The second kappa shape index (κ2) is 7.60. The number of nitrogens with one attached hydrogen (secondary N) is 1. The van der Waals surface area contributed by atoms with E-state index in [0.717, 1.165) is 31.1 Å². The van der Waals surface area contributed by atoms with E-state index in [0.29, 0.717) is 13.1 Å². The van der Waals surface area contributed by atoms with E-state index in [-0.39, 0.29) is 18.2 Å². The molecule has 0 spiro atoms. The Labute approximate surface area is 131 Å². The third-order valence-corrected chi connectivity index (χ3v) is 3.62. The largest absolute Gasteiger partial charge is 0.373 e. The van der Waals surface area contributed by atoms with Gasteiger partial charge in [0.25, 0.3) is 0 Å². The number of rotatable bonds is 5. The van der Waals surface area contributed by atoms with Gasteiger partial charge in [0.1, 0.15) is 11.5 Å². The lowest BCUT2D eigenvalue weighted by Crippen LogP contribution is -2.48. The fraction of sp³-hybridized carbons (Fsp3) is 0.733. The Balaban J connectivity index is 1.68. The molecule has 2 atom stereocenters. The molecule has 7 nitrogen and oxygen atoms in total. The number of morpholine rings is 1. The minimum absolute atomic E-state index is 0.102. The summed E-state index contributed by atoms with van der Waals surface area (Å²) in [7, 11) is 1.75. The van der Waals surface area contributed by atoms with Crippen molar-refractivity contribution in [3.63, 3.8) is 0 Å². The van der Waals surface area contributed by atoms with Gasteiger partial charge in [0.05, 0.1) is 18.8 Å². The summed E-state index contributed by atoms with van der Waals surface area (Å²) in [5, 5.41) is 6.82. The molecule has 1 fully saturated rings. The molecule has 1 aromatic heterocycles. The van der Waals surface area contributed by atoms with Crippen LogP contribution in [0.3, 0.4) is 0 Å². The maximum absolute atomic E-state index is 12.0. The van der Waals surface area contributed by atoms with Crippen LogP contribution in [-0.2, 0) is 11.3 Å². The number of hydrogen-bond acceptors (Lipinski definition) is 5. The van der Waals surface area contributed by atoms with Gasteiger partial charge in [-0.3, -0.25) is 4.90 Å². The highest BCUT2D eigenvalue weighted by atomic mass is 16.5. The number of ether oxygens (including phenoxy) is 1. The monoisotopic (exact) mass is 310 g/mol. The minimum Gasteiger partial charge on any atom is -0.373 e. The summed E-state index contributed by atoms with van der Waals surface area (Å²) >= 11 is 0. The van der Waals surface area contributed by atoms with Gasteiger partial charge in [-0.15, -0.1) is 0 Å². The Hall–Kier alpha value is -1.60. The first-order valence-electron chi connectivity index (χ1n) is 7.73. The number of hydrogen-bond donors (Lipinski definition) is 1. The number of carbonyl (C=O) groups excluding carboxylic acids is 1. The summed E-state index contributed by atoms with van der Waals surface area (Å²) < 4.78 is 10.7. The van der Waals surface area contributed by atoms with E-state index in [1.165, 1.54) is 0 Å². The Bertz CT molecular complexity index is 481. The number of nitrogens with zero attached hydrogens (tertiary/aromatic N) is 3. The predicted octanol–water partition coefficient (Wildman–Crippen LogP) is 1.23. The van der Waals surface area contributed by atoms with Gasteiger partial charge >= 0.3 is 6.03 Å². The fourth-order valence-corrected chi connectivity index (χ4v) is 2.73. The van der Waals surface area contributed by atoms with Crippen molar-refractivity contribution in [2.24, 2.45) is 0 Å². The van der Waals surface area contributed by atoms with Crippen LogP contribution in [0.2, 0.25) is 0 Å². The summed E-state index contributed by atoms with van der Waals surface area (Å²) in [4.78, 5) is 16.0. The molecule has 7 heteroatoms. The predicted molar refractivity (Wildman–Crippen MR) is 82.6 cm³/mol. The molecule has 0 aromatic carbocycles. The molecule has 1 aromatic rings. The Kier molecular flexibility index (Phi) is 5.79. The van der Waals surface area contributed by atoms with Crippen molar-refractivity contribution >= 4 is 6.03 Å². The molecule has 0 saturated carbocycles. The highest BCUT2D eigenvalue weighted by molar-refractivity contribution is 5.73. The zero-order valence-corrected chi connectivity index (χ0v) is 13.8. The summed E-state index contributed by atoms with van der Waals surface area (Å²) in [6.45, 7) is 9.71. The summed E-state index contributed by atoms with van der Waals surface area (Å²) in [5.74, 6) is 0.749. The number of aryl methyl sites for hydroxylation is 1. The Morgan fingerprint density at radius 1 is 1.45 bits per heavy atom. The number of urea groups is 1. The average Bonchev–Trinajstić information content (AvgIpc) is 2.82.